The summed E-state index contributed by atoms with van der Waals surface area (Å²) in [5.74, 6) is 0. The SMILES string of the molecule is CCCCCN(C)C1Cc2ccccc2C1NC. The molecule has 0 saturated carbocycles. The lowest BCUT2D eigenvalue weighted by molar-refractivity contribution is 0.205. The van der Waals surface area contributed by atoms with Crippen molar-refractivity contribution in [2.75, 3.05) is 20.6 Å². The predicted molar refractivity (Wildman–Crippen MR) is 77.9 cm³/mol. The van der Waals surface area contributed by atoms with E-state index in [0.717, 1.165) is 0 Å². The van der Waals surface area contributed by atoms with Gasteiger partial charge in [0.05, 0.1) is 0 Å². The van der Waals surface area contributed by atoms with Crippen molar-refractivity contribution in [3.8, 4) is 0 Å². The number of rotatable bonds is 6. The summed E-state index contributed by atoms with van der Waals surface area (Å²) in [6.45, 7) is 3.48. The molecule has 2 rings (SSSR count). The summed E-state index contributed by atoms with van der Waals surface area (Å²) in [4.78, 5) is 2.54. The molecule has 2 atom stereocenters. The molecule has 1 aromatic rings. The van der Waals surface area contributed by atoms with Gasteiger partial charge in [0, 0.05) is 12.1 Å². The highest BCUT2D eigenvalue weighted by molar-refractivity contribution is 5.37. The maximum atomic E-state index is 3.50. The van der Waals surface area contributed by atoms with Gasteiger partial charge in [0.2, 0.25) is 0 Å². The molecule has 100 valence electrons. The zero-order valence-corrected chi connectivity index (χ0v) is 11.9. The molecule has 0 amide bonds. The number of likely N-dealkylation sites (N-methyl/N-ethyl adjacent to an activating group) is 2. The largest absolute Gasteiger partial charge is 0.312 e. The van der Waals surface area contributed by atoms with Crippen molar-refractivity contribution >= 4 is 0 Å². The average molecular weight is 246 g/mol. The van der Waals surface area contributed by atoms with E-state index in [1.54, 1.807) is 0 Å². The lowest BCUT2D eigenvalue weighted by atomic mass is 10.1. The van der Waals surface area contributed by atoms with Gasteiger partial charge >= 0.3 is 0 Å². The predicted octanol–water partition coefficient (Wildman–Crippen LogP) is 2.99. The van der Waals surface area contributed by atoms with E-state index in [9.17, 15) is 0 Å². The molecule has 18 heavy (non-hydrogen) atoms. The lowest BCUT2D eigenvalue weighted by Crippen LogP contribution is -2.40. The summed E-state index contributed by atoms with van der Waals surface area (Å²) in [6.07, 6.45) is 5.14. The van der Waals surface area contributed by atoms with E-state index in [0.29, 0.717) is 12.1 Å². The highest BCUT2D eigenvalue weighted by Crippen LogP contribution is 2.33. The molecule has 2 heteroatoms. The summed E-state index contributed by atoms with van der Waals surface area (Å²) in [7, 11) is 4.36. The number of nitrogens with one attached hydrogen (secondary N) is 1. The molecular weight excluding hydrogens is 220 g/mol. The number of nitrogens with zero attached hydrogens (tertiary/aromatic N) is 1. The fourth-order valence-electron chi connectivity index (χ4n) is 3.11. The quantitative estimate of drug-likeness (QED) is 0.776. The molecule has 2 unspecified atom stereocenters. The molecule has 1 aliphatic carbocycles. The fourth-order valence-corrected chi connectivity index (χ4v) is 3.11. The van der Waals surface area contributed by atoms with Crippen molar-refractivity contribution in [2.45, 2.75) is 44.7 Å². The summed E-state index contributed by atoms with van der Waals surface area (Å²) < 4.78 is 0. The van der Waals surface area contributed by atoms with Gasteiger partial charge in [-0.3, -0.25) is 0 Å². The van der Waals surface area contributed by atoms with Crippen LogP contribution in [0.5, 0.6) is 0 Å². The first-order valence-corrected chi connectivity index (χ1v) is 7.23. The van der Waals surface area contributed by atoms with Gasteiger partial charge in [-0.1, -0.05) is 44.0 Å². The second-order valence-electron chi connectivity index (χ2n) is 5.42. The van der Waals surface area contributed by atoms with Gasteiger partial charge in [-0.25, -0.2) is 0 Å². The minimum Gasteiger partial charge on any atom is -0.312 e. The first-order valence-electron chi connectivity index (χ1n) is 7.23. The van der Waals surface area contributed by atoms with E-state index in [2.05, 4.69) is 55.5 Å². The van der Waals surface area contributed by atoms with Crippen molar-refractivity contribution in [1.29, 1.82) is 0 Å². The number of fused-ring (bicyclic) bond motifs is 1. The van der Waals surface area contributed by atoms with Crippen LogP contribution < -0.4 is 5.32 Å². The van der Waals surface area contributed by atoms with Crippen LogP contribution in [0.4, 0.5) is 0 Å². The van der Waals surface area contributed by atoms with E-state index in [4.69, 9.17) is 0 Å². The van der Waals surface area contributed by atoms with Crippen LogP contribution in [-0.2, 0) is 6.42 Å². The summed E-state index contributed by atoms with van der Waals surface area (Å²) >= 11 is 0. The van der Waals surface area contributed by atoms with Crippen molar-refractivity contribution in [2.24, 2.45) is 0 Å². The third-order valence-electron chi connectivity index (χ3n) is 4.20. The topological polar surface area (TPSA) is 15.3 Å². The maximum absolute atomic E-state index is 3.50. The highest BCUT2D eigenvalue weighted by atomic mass is 15.2. The van der Waals surface area contributed by atoms with Gasteiger partial charge in [-0.2, -0.15) is 0 Å². The van der Waals surface area contributed by atoms with Crippen LogP contribution in [0.25, 0.3) is 0 Å². The van der Waals surface area contributed by atoms with Gasteiger partial charge in [0.1, 0.15) is 0 Å². The third kappa shape index (κ3) is 2.76. The molecule has 0 fully saturated rings. The maximum Gasteiger partial charge on any atom is 0.0481 e. The second kappa shape index (κ2) is 6.35. The smallest absolute Gasteiger partial charge is 0.0481 e. The molecule has 1 aromatic carbocycles. The molecule has 0 radical (unpaired) electrons. The van der Waals surface area contributed by atoms with Crippen LogP contribution in [0.2, 0.25) is 0 Å². The number of unbranched alkanes of at least 4 members (excludes halogenated alkanes) is 2. The molecule has 0 aromatic heterocycles. The van der Waals surface area contributed by atoms with Crippen molar-refractivity contribution in [1.82, 2.24) is 10.2 Å². The molecule has 0 spiro atoms. The van der Waals surface area contributed by atoms with Crippen molar-refractivity contribution < 1.29 is 0 Å². The fraction of sp³-hybridized carbons (Fsp3) is 0.625. The molecule has 1 aliphatic rings. The molecule has 0 saturated heterocycles. The Hall–Kier alpha value is -0.860. The Labute approximate surface area is 111 Å². The summed E-state index contributed by atoms with van der Waals surface area (Å²) in [5, 5.41) is 3.50. The monoisotopic (exact) mass is 246 g/mol. The van der Waals surface area contributed by atoms with Crippen LogP contribution in [0.15, 0.2) is 24.3 Å². The van der Waals surface area contributed by atoms with E-state index < -0.39 is 0 Å². The van der Waals surface area contributed by atoms with Crippen LogP contribution >= 0.6 is 0 Å². The lowest BCUT2D eigenvalue weighted by Gasteiger charge is -2.29. The molecule has 0 bridgehead atoms. The first kappa shape index (κ1) is 13.6. The number of benzene rings is 1. The Kier molecular flexibility index (Phi) is 4.79. The Morgan fingerprint density at radius 1 is 1.28 bits per heavy atom. The van der Waals surface area contributed by atoms with Crippen LogP contribution in [0, 0.1) is 0 Å². The zero-order valence-electron chi connectivity index (χ0n) is 11.9. The van der Waals surface area contributed by atoms with Crippen molar-refractivity contribution in [3.63, 3.8) is 0 Å². The van der Waals surface area contributed by atoms with Crippen LogP contribution in [-0.4, -0.2) is 31.6 Å². The summed E-state index contributed by atoms with van der Waals surface area (Å²) in [5.41, 5.74) is 3.01. The molecule has 0 heterocycles. The Bertz CT molecular complexity index is 375. The highest BCUT2D eigenvalue weighted by Gasteiger charge is 2.33. The Morgan fingerprint density at radius 3 is 2.78 bits per heavy atom. The van der Waals surface area contributed by atoms with Gasteiger partial charge in [-0.05, 0) is 44.6 Å². The third-order valence-corrected chi connectivity index (χ3v) is 4.20. The zero-order chi connectivity index (χ0) is 13.0. The van der Waals surface area contributed by atoms with Crippen molar-refractivity contribution in [3.05, 3.63) is 35.4 Å². The van der Waals surface area contributed by atoms with E-state index in [1.165, 1.54) is 43.4 Å². The van der Waals surface area contributed by atoms with Crippen LogP contribution in [0.3, 0.4) is 0 Å². The standard InChI is InChI=1S/C16H26N2/c1-4-5-8-11-18(3)15-12-13-9-6-7-10-14(13)16(15)17-2/h6-7,9-10,15-17H,4-5,8,11-12H2,1-3H3. The van der Waals surface area contributed by atoms with Gasteiger partial charge in [0.15, 0.2) is 0 Å². The molecule has 0 aliphatic heterocycles. The minimum atomic E-state index is 0.493. The average Bonchev–Trinajstić information content (AvgIpc) is 2.77. The van der Waals surface area contributed by atoms with E-state index in [-0.39, 0.29) is 0 Å². The van der Waals surface area contributed by atoms with Gasteiger partial charge < -0.3 is 10.2 Å². The van der Waals surface area contributed by atoms with Gasteiger partial charge in [0.25, 0.3) is 0 Å². The molecule has 2 nitrogen and oxygen atoms in total. The van der Waals surface area contributed by atoms with E-state index >= 15 is 0 Å². The normalized spacial score (nSPS) is 22.4. The Balaban J connectivity index is 2.02. The minimum absolute atomic E-state index is 0.493. The molecular formula is C16H26N2. The first-order chi connectivity index (χ1) is 8.77. The Morgan fingerprint density at radius 2 is 2.06 bits per heavy atom. The van der Waals surface area contributed by atoms with E-state index in [1.807, 2.05) is 0 Å². The molecule has 1 N–H and O–H groups in total. The number of hydrogen-bond acceptors (Lipinski definition) is 2. The second-order valence-corrected chi connectivity index (χ2v) is 5.42. The summed E-state index contributed by atoms with van der Waals surface area (Å²) in [6, 6.07) is 9.97. The van der Waals surface area contributed by atoms with Crippen LogP contribution in [0.1, 0.15) is 43.4 Å². The van der Waals surface area contributed by atoms with Gasteiger partial charge in [-0.15, -0.1) is 0 Å². The number of hydrogen-bond donors (Lipinski definition) is 1.